The molecule has 1 unspecified atom stereocenters. The molecule has 3 nitrogen and oxygen atoms in total. The summed E-state index contributed by atoms with van der Waals surface area (Å²) in [4.78, 5) is 11.2. The Morgan fingerprint density at radius 1 is 0.808 bits per heavy atom. The van der Waals surface area contributed by atoms with Crippen molar-refractivity contribution in [3.05, 3.63) is 95.6 Å². The Kier molecular flexibility index (Phi) is 4.80. The van der Waals surface area contributed by atoms with Crippen LogP contribution in [0.3, 0.4) is 0 Å². The van der Waals surface area contributed by atoms with Crippen LogP contribution in [0.1, 0.15) is 22.6 Å². The molecule has 1 atom stereocenters. The largest absolute Gasteiger partial charge is 0.461 e. The summed E-state index contributed by atoms with van der Waals surface area (Å²) in [6.45, 7) is 1.37. The van der Waals surface area contributed by atoms with E-state index in [4.69, 9.17) is 9.47 Å². The number of hydrogen-bond acceptors (Lipinski definition) is 3. The van der Waals surface area contributed by atoms with Gasteiger partial charge in [0.25, 0.3) is 6.47 Å². The maximum Gasteiger partial charge on any atom is 0.293 e. The minimum Gasteiger partial charge on any atom is -0.461 e. The summed E-state index contributed by atoms with van der Waals surface area (Å²) in [5.74, 6) is -0.0108. The molecule has 0 N–H and O–H groups in total. The first-order valence-electron chi connectivity index (χ1n) is 8.77. The zero-order chi connectivity index (χ0) is 17.8. The number of fused-ring (bicyclic) bond motifs is 3. The Bertz CT molecular complexity index is 843. The quantitative estimate of drug-likeness (QED) is 0.590. The van der Waals surface area contributed by atoms with Crippen molar-refractivity contribution in [2.75, 3.05) is 6.61 Å². The van der Waals surface area contributed by atoms with Crippen LogP contribution in [-0.4, -0.2) is 19.2 Å². The second kappa shape index (κ2) is 7.54. The maximum atomic E-state index is 11.2. The lowest BCUT2D eigenvalue weighted by Crippen LogP contribution is -2.27. The van der Waals surface area contributed by atoms with E-state index in [-0.39, 0.29) is 12.0 Å². The zero-order valence-corrected chi connectivity index (χ0v) is 14.4. The highest BCUT2D eigenvalue weighted by molar-refractivity contribution is 5.79. The molecule has 3 aromatic carbocycles. The summed E-state index contributed by atoms with van der Waals surface area (Å²) < 4.78 is 11.4. The van der Waals surface area contributed by atoms with Crippen molar-refractivity contribution in [3.8, 4) is 11.1 Å². The summed E-state index contributed by atoms with van der Waals surface area (Å²) in [7, 11) is 0. The van der Waals surface area contributed by atoms with Crippen LogP contribution in [0.2, 0.25) is 0 Å². The summed E-state index contributed by atoms with van der Waals surface area (Å²) in [6.07, 6.45) is -0.360. The van der Waals surface area contributed by atoms with E-state index in [2.05, 4.69) is 24.3 Å². The van der Waals surface area contributed by atoms with E-state index in [1.54, 1.807) is 0 Å². The second-order valence-corrected chi connectivity index (χ2v) is 6.42. The van der Waals surface area contributed by atoms with Gasteiger partial charge in [0.05, 0.1) is 13.2 Å². The molecule has 4 rings (SSSR count). The van der Waals surface area contributed by atoms with Gasteiger partial charge in [0.1, 0.15) is 6.10 Å². The first kappa shape index (κ1) is 16.6. The standard InChI is InChI=1S/C23H20O3/c24-16-26-22(15-25-14-17-8-2-1-3-9-17)23-20-12-6-4-10-18(20)19-11-5-7-13-21(19)23/h1-13,16,22-23H,14-15H2. The van der Waals surface area contributed by atoms with Crippen molar-refractivity contribution < 1.29 is 14.3 Å². The van der Waals surface area contributed by atoms with Gasteiger partial charge >= 0.3 is 0 Å². The lowest BCUT2D eigenvalue weighted by Gasteiger charge is -2.24. The van der Waals surface area contributed by atoms with Crippen LogP contribution in [0.5, 0.6) is 0 Å². The molecule has 1 aliphatic carbocycles. The molecule has 0 amide bonds. The molecule has 3 aromatic rings. The molecule has 3 heteroatoms. The van der Waals surface area contributed by atoms with Gasteiger partial charge in [-0.15, -0.1) is 0 Å². The molecule has 0 aromatic heterocycles. The van der Waals surface area contributed by atoms with E-state index in [0.29, 0.717) is 19.7 Å². The molecular formula is C23H20O3. The number of benzene rings is 3. The Labute approximate surface area is 153 Å². The third kappa shape index (κ3) is 3.14. The van der Waals surface area contributed by atoms with Gasteiger partial charge in [-0.25, -0.2) is 0 Å². The van der Waals surface area contributed by atoms with Gasteiger partial charge in [-0.05, 0) is 27.8 Å². The summed E-state index contributed by atoms with van der Waals surface area (Å²) in [5.41, 5.74) is 5.88. The molecule has 0 saturated heterocycles. The van der Waals surface area contributed by atoms with Crippen LogP contribution in [0.25, 0.3) is 11.1 Å². The monoisotopic (exact) mass is 344 g/mol. The van der Waals surface area contributed by atoms with Crippen LogP contribution in [0.4, 0.5) is 0 Å². The first-order chi connectivity index (χ1) is 12.9. The fourth-order valence-electron chi connectivity index (χ4n) is 3.75. The number of ether oxygens (including phenoxy) is 2. The molecule has 0 aliphatic heterocycles. The molecule has 0 radical (unpaired) electrons. The average molecular weight is 344 g/mol. The third-order valence-electron chi connectivity index (χ3n) is 4.88. The number of rotatable bonds is 7. The fraction of sp³-hybridized carbons (Fsp3) is 0.174. The average Bonchev–Trinajstić information content (AvgIpc) is 3.03. The Hall–Kier alpha value is -2.91. The normalized spacial score (nSPS) is 13.7. The van der Waals surface area contributed by atoms with Crippen molar-refractivity contribution in [1.29, 1.82) is 0 Å². The minimum absolute atomic E-state index is 0.0108. The maximum absolute atomic E-state index is 11.2. The summed E-state index contributed by atoms with van der Waals surface area (Å²) in [6, 6.07) is 26.6. The predicted octanol–water partition coefficient (Wildman–Crippen LogP) is 4.56. The zero-order valence-electron chi connectivity index (χ0n) is 14.4. The highest BCUT2D eigenvalue weighted by atomic mass is 16.6. The highest BCUT2D eigenvalue weighted by Gasteiger charge is 2.35. The van der Waals surface area contributed by atoms with Crippen LogP contribution in [-0.2, 0) is 20.9 Å². The van der Waals surface area contributed by atoms with Gasteiger partial charge < -0.3 is 9.47 Å². The highest BCUT2D eigenvalue weighted by Crippen LogP contribution is 2.46. The molecule has 0 bridgehead atoms. The van der Waals surface area contributed by atoms with E-state index in [0.717, 1.165) is 5.56 Å². The lowest BCUT2D eigenvalue weighted by atomic mass is 9.91. The van der Waals surface area contributed by atoms with Gasteiger partial charge in [0.15, 0.2) is 0 Å². The smallest absolute Gasteiger partial charge is 0.293 e. The summed E-state index contributed by atoms with van der Waals surface area (Å²) >= 11 is 0. The number of carbonyl (C=O) groups is 1. The first-order valence-corrected chi connectivity index (χ1v) is 8.77. The predicted molar refractivity (Wildman–Crippen MR) is 101 cm³/mol. The minimum atomic E-state index is -0.360. The van der Waals surface area contributed by atoms with E-state index in [1.165, 1.54) is 22.3 Å². The molecule has 130 valence electrons. The van der Waals surface area contributed by atoms with Gasteiger partial charge in [0.2, 0.25) is 0 Å². The van der Waals surface area contributed by atoms with E-state index in [9.17, 15) is 4.79 Å². The van der Waals surface area contributed by atoms with Gasteiger partial charge in [-0.3, -0.25) is 4.79 Å². The van der Waals surface area contributed by atoms with Crippen molar-refractivity contribution in [2.24, 2.45) is 0 Å². The van der Waals surface area contributed by atoms with Gasteiger partial charge in [-0.1, -0.05) is 78.9 Å². The van der Waals surface area contributed by atoms with Crippen molar-refractivity contribution >= 4 is 6.47 Å². The fourth-order valence-corrected chi connectivity index (χ4v) is 3.75. The van der Waals surface area contributed by atoms with Crippen LogP contribution in [0.15, 0.2) is 78.9 Å². The van der Waals surface area contributed by atoms with Gasteiger partial charge in [-0.2, -0.15) is 0 Å². The van der Waals surface area contributed by atoms with Crippen molar-refractivity contribution in [3.63, 3.8) is 0 Å². The Balaban J connectivity index is 1.59. The number of carbonyl (C=O) groups excluding carboxylic acids is 1. The molecule has 1 aliphatic rings. The van der Waals surface area contributed by atoms with Crippen molar-refractivity contribution in [1.82, 2.24) is 0 Å². The lowest BCUT2D eigenvalue weighted by molar-refractivity contribution is -0.137. The Morgan fingerprint density at radius 2 is 1.38 bits per heavy atom. The molecule has 0 fully saturated rings. The van der Waals surface area contributed by atoms with E-state index < -0.39 is 0 Å². The van der Waals surface area contributed by atoms with E-state index >= 15 is 0 Å². The van der Waals surface area contributed by atoms with Crippen LogP contribution in [0, 0.1) is 0 Å². The SMILES string of the molecule is O=COC(COCc1ccccc1)C1c2ccccc2-c2ccccc21. The molecule has 26 heavy (non-hydrogen) atoms. The second-order valence-electron chi connectivity index (χ2n) is 6.42. The molecule has 0 saturated carbocycles. The molecular weight excluding hydrogens is 324 g/mol. The number of hydrogen-bond donors (Lipinski definition) is 0. The van der Waals surface area contributed by atoms with Crippen LogP contribution >= 0.6 is 0 Å². The van der Waals surface area contributed by atoms with Gasteiger partial charge in [0, 0.05) is 5.92 Å². The third-order valence-corrected chi connectivity index (χ3v) is 4.88. The van der Waals surface area contributed by atoms with E-state index in [1.807, 2.05) is 54.6 Å². The summed E-state index contributed by atoms with van der Waals surface area (Å²) in [5, 5.41) is 0. The molecule has 0 heterocycles. The topological polar surface area (TPSA) is 35.5 Å². The van der Waals surface area contributed by atoms with Crippen molar-refractivity contribution in [2.45, 2.75) is 18.6 Å². The Morgan fingerprint density at radius 3 is 2.00 bits per heavy atom. The molecule has 0 spiro atoms. The van der Waals surface area contributed by atoms with Crippen LogP contribution < -0.4 is 0 Å².